The summed E-state index contributed by atoms with van der Waals surface area (Å²) in [4.78, 5) is 4.50. The number of rotatable bonds is 6. The maximum atomic E-state index is 12.8. The van der Waals surface area contributed by atoms with Gasteiger partial charge in [0.25, 0.3) is 0 Å². The average Bonchev–Trinajstić information content (AvgIpc) is 2.84. The van der Waals surface area contributed by atoms with E-state index in [1.807, 2.05) is 5.38 Å². The van der Waals surface area contributed by atoms with E-state index in [1.54, 1.807) is 30.6 Å². The third kappa shape index (κ3) is 3.60. The van der Waals surface area contributed by atoms with Crippen LogP contribution in [0.25, 0.3) is 10.6 Å². The minimum absolute atomic E-state index is 0.225. The highest BCUT2D eigenvalue weighted by Gasteiger charge is 2.04. The molecule has 0 saturated carbocycles. The number of nitrogens with zero attached hydrogens (tertiary/aromatic N) is 1. The van der Waals surface area contributed by atoms with Crippen molar-refractivity contribution >= 4 is 11.3 Å². The van der Waals surface area contributed by atoms with E-state index in [2.05, 4.69) is 10.3 Å². The fourth-order valence-corrected chi connectivity index (χ4v) is 2.33. The summed E-state index contributed by atoms with van der Waals surface area (Å²) in [5.41, 5.74) is 1.94. The van der Waals surface area contributed by atoms with Crippen molar-refractivity contribution < 1.29 is 9.13 Å². The largest absolute Gasteiger partial charge is 0.383 e. The molecule has 0 aliphatic carbocycles. The summed E-state index contributed by atoms with van der Waals surface area (Å²) in [5, 5.41) is 6.16. The van der Waals surface area contributed by atoms with E-state index in [1.165, 1.54) is 12.1 Å². The minimum atomic E-state index is -0.225. The standard InChI is InChI=1S/C13H15FN2OS/c1-17-7-6-15-8-12-9-18-13(16-12)10-2-4-11(14)5-3-10/h2-5,9,15H,6-8H2,1H3. The molecule has 0 bridgehead atoms. The van der Waals surface area contributed by atoms with Crippen LogP contribution in [0.3, 0.4) is 0 Å². The first-order chi connectivity index (χ1) is 8.79. The number of nitrogens with one attached hydrogen (secondary N) is 1. The van der Waals surface area contributed by atoms with Crippen LogP contribution in [0.1, 0.15) is 5.69 Å². The van der Waals surface area contributed by atoms with Gasteiger partial charge in [-0.3, -0.25) is 0 Å². The molecule has 0 amide bonds. The molecular formula is C13H15FN2OS. The maximum absolute atomic E-state index is 12.8. The Bertz CT molecular complexity index is 484. The third-order valence-corrected chi connectivity index (χ3v) is 3.37. The van der Waals surface area contributed by atoms with Gasteiger partial charge >= 0.3 is 0 Å². The highest BCUT2D eigenvalue weighted by molar-refractivity contribution is 7.13. The molecule has 0 radical (unpaired) electrons. The first kappa shape index (κ1) is 13.1. The Morgan fingerprint density at radius 1 is 1.33 bits per heavy atom. The Kier molecular flexibility index (Phi) is 4.81. The van der Waals surface area contributed by atoms with Crippen LogP contribution in [-0.4, -0.2) is 25.2 Å². The van der Waals surface area contributed by atoms with E-state index >= 15 is 0 Å². The Hall–Kier alpha value is -1.30. The van der Waals surface area contributed by atoms with E-state index < -0.39 is 0 Å². The lowest BCUT2D eigenvalue weighted by molar-refractivity contribution is 0.199. The zero-order valence-electron chi connectivity index (χ0n) is 10.1. The van der Waals surface area contributed by atoms with E-state index in [0.29, 0.717) is 6.61 Å². The van der Waals surface area contributed by atoms with E-state index in [-0.39, 0.29) is 5.82 Å². The quantitative estimate of drug-likeness (QED) is 0.816. The SMILES string of the molecule is COCCNCc1csc(-c2ccc(F)cc2)n1. The van der Waals surface area contributed by atoms with Crippen LogP contribution in [0.15, 0.2) is 29.6 Å². The number of ether oxygens (including phenoxy) is 1. The topological polar surface area (TPSA) is 34.1 Å². The van der Waals surface area contributed by atoms with E-state index in [9.17, 15) is 4.39 Å². The summed E-state index contributed by atoms with van der Waals surface area (Å²) in [7, 11) is 1.68. The second-order valence-electron chi connectivity index (χ2n) is 3.82. The van der Waals surface area contributed by atoms with Gasteiger partial charge in [-0.2, -0.15) is 0 Å². The molecule has 0 fully saturated rings. The predicted molar refractivity (Wildman–Crippen MR) is 71.1 cm³/mol. The van der Waals surface area contributed by atoms with Crippen molar-refractivity contribution in [3.05, 3.63) is 41.2 Å². The van der Waals surface area contributed by atoms with Crippen LogP contribution >= 0.6 is 11.3 Å². The van der Waals surface area contributed by atoms with Crippen molar-refractivity contribution in [2.24, 2.45) is 0 Å². The lowest BCUT2D eigenvalue weighted by atomic mass is 10.2. The Morgan fingerprint density at radius 2 is 2.11 bits per heavy atom. The van der Waals surface area contributed by atoms with Crippen LogP contribution < -0.4 is 5.32 Å². The van der Waals surface area contributed by atoms with Gasteiger partial charge in [0.15, 0.2) is 0 Å². The second-order valence-corrected chi connectivity index (χ2v) is 4.68. The smallest absolute Gasteiger partial charge is 0.123 e. The molecule has 1 heterocycles. The molecule has 2 aromatic rings. The molecule has 96 valence electrons. The molecule has 0 aliphatic rings. The number of benzene rings is 1. The third-order valence-electron chi connectivity index (χ3n) is 2.43. The fraction of sp³-hybridized carbons (Fsp3) is 0.308. The van der Waals surface area contributed by atoms with Crippen LogP contribution in [-0.2, 0) is 11.3 Å². The van der Waals surface area contributed by atoms with Gasteiger partial charge in [-0.15, -0.1) is 11.3 Å². The summed E-state index contributed by atoms with van der Waals surface area (Å²) >= 11 is 1.57. The summed E-state index contributed by atoms with van der Waals surface area (Å²) in [5.74, 6) is -0.225. The number of halogens is 1. The number of hydrogen-bond acceptors (Lipinski definition) is 4. The monoisotopic (exact) mass is 266 g/mol. The molecule has 18 heavy (non-hydrogen) atoms. The molecule has 0 spiro atoms. The molecule has 0 atom stereocenters. The van der Waals surface area contributed by atoms with Gasteiger partial charge < -0.3 is 10.1 Å². The van der Waals surface area contributed by atoms with Crippen LogP contribution in [0.4, 0.5) is 4.39 Å². The first-order valence-electron chi connectivity index (χ1n) is 5.69. The molecule has 0 aliphatic heterocycles. The molecule has 1 aromatic carbocycles. The Labute approximate surface area is 110 Å². The summed E-state index contributed by atoms with van der Waals surface area (Å²) < 4.78 is 17.8. The van der Waals surface area contributed by atoms with Crippen LogP contribution in [0, 0.1) is 5.82 Å². The Morgan fingerprint density at radius 3 is 2.83 bits per heavy atom. The number of aromatic nitrogens is 1. The molecule has 0 saturated heterocycles. The lowest BCUT2D eigenvalue weighted by Crippen LogP contribution is -2.18. The first-order valence-corrected chi connectivity index (χ1v) is 6.57. The minimum Gasteiger partial charge on any atom is -0.383 e. The number of thiazole rings is 1. The van der Waals surface area contributed by atoms with Crippen LogP contribution in [0.5, 0.6) is 0 Å². The van der Waals surface area contributed by atoms with Crippen molar-refractivity contribution in [3.63, 3.8) is 0 Å². The van der Waals surface area contributed by atoms with Crippen molar-refractivity contribution in [2.75, 3.05) is 20.3 Å². The van der Waals surface area contributed by atoms with Crippen LogP contribution in [0.2, 0.25) is 0 Å². The van der Waals surface area contributed by atoms with Crippen molar-refractivity contribution in [1.82, 2.24) is 10.3 Å². The van der Waals surface area contributed by atoms with Gasteiger partial charge in [0.05, 0.1) is 12.3 Å². The molecule has 3 nitrogen and oxygen atoms in total. The predicted octanol–water partition coefficient (Wildman–Crippen LogP) is 2.69. The van der Waals surface area contributed by atoms with Crippen molar-refractivity contribution in [2.45, 2.75) is 6.54 Å². The van der Waals surface area contributed by atoms with Gasteiger partial charge in [-0.25, -0.2) is 9.37 Å². The fourth-order valence-electron chi connectivity index (χ4n) is 1.50. The van der Waals surface area contributed by atoms with Gasteiger partial charge in [0.2, 0.25) is 0 Å². The molecule has 5 heteroatoms. The average molecular weight is 266 g/mol. The molecule has 1 aromatic heterocycles. The van der Waals surface area contributed by atoms with Gasteiger partial charge in [-0.05, 0) is 24.3 Å². The van der Waals surface area contributed by atoms with Gasteiger partial charge in [0.1, 0.15) is 10.8 Å². The normalized spacial score (nSPS) is 10.8. The zero-order valence-corrected chi connectivity index (χ0v) is 11.0. The van der Waals surface area contributed by atoms with E-state index in [4.69, 9.17) is 4.74 Å². The van der Waals surface area contributed by atoms with Gasteiger partial charge in [-0.1, -0.05) is 0 Å². The highest BCUT2D eigenvalue weighted by atomic mass is 32.1. The molecule has 1 N–H and O–H groups in total. The Balaban J connectivity index is 1.95. The van der Waals surface area contributed by atoms with E-state index in [0.717, 1.165) is 29.4 Å². The van der Waals surface area contributed by atoms with Gasteiger partial charge in [0, 0.05) is 31.1 Å². The van der Waals surface area contributed by atoms with Crippen molar-refractivity contribution in [1.29, 1.82) is 0 Å². The van der Waals surface area contributed by atoms with Crippen molar-refractivity contribution in [3.8, 4) is 10.6 Å². The maximum Gasteiger partial charge on any atom is 0.123 e. The summed E-state index contributed by atoms with van der Waals surface area (Å²) in [6, 6.07) is 6.40. The number of hydrogen-bond donors (Lipinski definition) is 1. The summed E-state index contributed by atoms with van der Waals surface area (Å²) in [6.45, 7) is 2.22. The summed E-state index contributed by atoms with van der Waals surface area (Å²) in [6.07, 6.45) is 0. The number of methoxy groups -OCH3 is 1. The highest BCUT2D eigenvalue weighted by Crippen LogP contribution is 2.23. The zero-order chi connectivity index (χ0) is 12.8. The molecular weight excluding hydrogens is 251 g/mol. The second kappa shape index (κ2) is 6.58. The molecule has 0 unspecified atom stereocenters. The molecule has 2 rings (SSSR count). The lowest BCUT2D eigenvalue weighted by Gasteiger charge is -2.00.